The molecule has 0 spiro atoms. The van der Waals surface area contributed by atoms with E-state index < -0.39 is 0 Å². The zero-order valence-corrected chi connectivity index (χ0v) is 18.3. The van der Waals surface area contributed by atoms with Crippen LogP contribution in [-0.4, -0.2) is 6.26 Å². The van der Waals surface area contributed by atoms with Crippen LogP contribution in [0.15, 0.2) is 140 Å². The summed E-state index contributed by atoms with van der Waals surface area (Å²) in [5, 5.41) is 0. The molecule has 0 amide bonds. The van der Waals surface area contributed by atoms with Crippen LogP contribution in [0.2, 0.25) is 0 Å². The number of allylic oxidation sites excluding steroid dienone is 3. The molecule has 0 radical (unpaired) electrons. The fourth-order valence-corrected chi connectivity index (χ4v) is 6.00. The first-order valence-corrected chi connectivity index (χ1v) is 12.2. The molecular formula is C25H23S3+. The van der Waals surface area contributed by atoms with Crippen LogP contribution < -0.4 is 0 Å². The number of thioether (sulfide) groups is 1. The Hall–Kier alpha value is -2.07. The van der Waals surface area contributed by atoms with Crippen molar-refractivity contribution in [2.45, 2.75) is 24.5 Å². The third-order valence-electron chi connectivity index (χ3n) is 4.05. The van der Waals surface area contributed by atoms with Crippen LogP contribution in [-0.2, 0) is 10.9 Å². The van der Waals surface area contributed by atoms with Crippen LogP contribution in [0.4, 0.5) is 0 Å². The average Bonchev–Trinajstić information content (AvgIpc) is 2.76. The molecule has 0 bridgehead atoms. The van der Waals surface area contributed by atoms with Gasteiger partial charge in [0, 0.05) is 14.7 Å². The van der Waals surface area contributed by atoms with Crippen LogP contribution in [0.25, 0.3) is 0 Å². The summed E-state index contributed by atoms with van der Waals surface area (Å²) in [6.07, 6.45) is 7.93. The van der Waals surface area contributed by atoms with E-state index in [1.165, 1.54) is 29.4 Å². The normalized spacial score (nSPS) is 12.4. The minimum atomic E-state index is -0.188. The van der Waals surface area contributed by atoms with Gasteiger partial charge in [-0.15, -0.1) is 11.8 Å². The maximum atomic E-state index is 4.02. The molecule has 1 atom stereocenters. The first-order valence-electron chi connectivity index (χ1n) is 8.91. The Morgan fingerprint density at radius 3 is 1.82 bits per heavy atom. The van der Waals surface area contributed by atoms with Crippen molar-refractivity contribution in [3.8, 4) is 0 Å². The summed E-state index contributed by atoms with van der Waals surface area (Å²) in [6, 6.07) is 28.2. The smallest absolute Gasteiger partial charge is 0.130 e. The topological polar surface area (TPSA) is 0 Å². The number of hydrogen-bond acceptors (Lipinski definition) is 2. The van der Waals surface area contributed by atoms with Crippen molar-refractivity contribution in [3.63, 3.8) is 0 Å². The van der Waals surface area contributed by atoms with Gasteiger partial charge in [0.1, 0.15) is 0 Å². The molecule has 0 nitrogen and oxygen atoms in total. The molecular weight excluding hydrogens is 396 g/mol. The molecule has 0 heterocycles. The number of benzene rings is 3. The lowest BCUT2D eigenvalue weighted by Crippen LogP contribution is -2.05. The summed E-state index contributed by atoms with van der Waals surface area (Å²) in [5.41, 5.74) is 0. The largest absolute Gasteiger partial charge is 0.166 e. The van der Waals surface area contributed by atoms with Gasteiger partial charge in [0.15, 0.2) is 14.7 Å². The van der Waals surface area contributed by atoms with Crippen LogP contribution >= 0.6 is 23.5 Å². The van der Waals surface area contributed by atoms with E-state index in [1.54, 1.807) is 23.5 Å². The van der Waals surface area contributed by atoms with Gasteiger partial charge in [0.25, 0.3) is 0 Å². The Bertz CT molecular complexity index is 939. The van der Waals surface area contributed by atoms with Gasteiger partial charge >= 0.3 is 0 Å². The summed E-state index contributed by atoms with van der Waals surface area (Å²) in [4.78, 5) is 7.52. The molecule has 0 aliphatic heterocycles. The van der Waals surface area contributed by atoms with E-state index in [0.29, 0.717) is 0 Å². The average molecular weight is 420 g/mol. The molecule has 0 N–H and O–H groups in total. The third-order valence-corrected chi connectivity index (χ3v) is 8.07. The number of hydrogen-bond donors (Lipinski definition) is 0. The minimum Gasteiger partial charge on any atom is -0.130 e. The van der Waals surface area contributed by atoms with Gasteiger partial charge in [-0.25, -0.2) is 0 Å². The lowest BCUT2D eigenvalue weighted by Gasteiger charge is -2.09. The van der Waals surface area contributed by atoms with Crippen LogP contribution in [0, 0.1) is 0 Å². The fourth-order valence-electron chi connectivity index (χ4n) is 2.72. The van der Waals surface area contributed by atoms with Gasteiger partial charge in [-0.05, 0) is 79.1 Å². The highest BCUT2D eigenvalue weighted by Crippen LogP contribution is 2.34. The second-order valence-corrected chi connectivity index (χ2v) is 9.93. The second-order valence-electron chi connectivity index (χ2n) is 5.88. The first kappa shape index (κ1) is 20.7. The maximum Gasteiger partial charge on any atom is 0.166 e. The Kier molecular flexibility index (Phi) is 7.72. The van der Waals surface area contributed by atoms with E-state index in [1.807, 2.05) is 12.2 Å². The van der Waals surface area contributed by atoms with Crippen molar-refractivity contribution in [1.29, 1.82) is 0 Å². The molecule has 3 heteroatoms. The predicted molar refractivity (Wildman–Crippen MR) is 128 cm³/mol. The van der Waals surface area contributed by atoms with Crippen LogP contribution in [0.1, 0.15) is 0 Å². The quantitative estimate of drug-likeness (QED) is 0.207. The summed E-state index contributed by atoms with van der Waals surface area (Å²) in [5.74, 6) is 0. The summed E-state index contributed by atoms with van der Waals surface area (Å²) >= 11 is 3.56. The Balaban J connectivity index is 1.88. The van der Waals surface area contributed by atoms with Gasteiger partial charge in [-0.1, -0.05) is 49.2 Å². The highest BCUT2D eigenvalue weighted by atomic mass is 32.2. The third kappa shape index (κ3) is 5.26. The van der Waals surface area contributed by atoms with Crippen molar-refractivity contribution in [3.05, 3.63) is 115 Å². The van der Waals surface area contributed by atoms with E-state index in [2.05, 4.69) is 104 Å². The van der Waals surface area contributed by atoms with E-state index in [0.717, 1.165) is 0 Å². The first-order chi connectivity index (χ1) is 13.7. The van der Waals surface area contributed by atoms with E-state index in [9.17, 15) is 0 Å². The molecule has 0 saturated carbocycles. The summed E-state index contributed by atoms with van der Waals surface area (Å²) < 4.78 is 0. The monoisotopic (exact) mass is 419 g/mol. The standard InChI is InChI=1S/C25H23S3/c1-4-9-23(5-2)28(24-10-7-6-8-11-24)25-18-16-22(17-19-25)27-21-14-12-20(26-3)13-15-21/h4-19H,1-2H2,3H3/q+1/b23-9+. The van der Waals surface area contributed by atoms with E-state index in [-0.39, 0.29) is 10.9 Å². The molecule has 0 aliphatic carbocycles. The Morgan fingerprint density at radius 2 is 1.29 bits per heavy atom. The van der Waals surface area contributed by atoms with Crippen molar-refractivity contribution < 1.29 is 0 Å². The molecule has 0 saturated heterocycles. The van der Waals surface area contributed by atoms with Gasteiger partial charge < -0.3 is 0 Å². The Morgan fingerprint density at radius 1 is 0.750 bits per heavy atom. The Labute approximate surface area is 179 Å². The molecule has 3 aromatic carbocycles. The molecule has 3 aromatic rings. The predicted octanol–water partition coefficient (Wildman–Crippen LogP) is 7.85. The van der Waals surface area contributed by atoms with Gasteiger partial charge in [-0.3, -0.25) is 0 Å². The van der Waals surface area contributed by atoms with Crippen LogP contribution in [0.5, 0.6) is 0 Å². The summed E-state index contributed by atoms with van der Waals surface area (Å²) in [6.45, 7) is 7.89. The highest BCUT2D eigenvalue weighted by Gasteiger charge is 2.28. The number of rotatable bonds is 8. The van der Waals surface area contributed by atoms with Crippen LogP contribution in [0.3, 0.4) is 0 Å². The molecule has 0 fully saturated rings. The van der Waals surface area contributed by atoms with Crippen molar-refractivity contribution in [2.75, 3.05) is 6.26 Å². The summed E-state index contributed by atoms with van der Waals surface area (Å²) in [7, 11) is -0.188. The second kappa shape index (κ2) is 10.5. The van der Waals surface area contributed by atoms with Crippen molar-refractivity contribution in [2.24, 2.45) is 0 Å². The lowest BCUT2D eigenvalue weighted by atomic mass is 10.4. The molecule has 0 aliphatic rings. The SMILES string of the molecule is C=C/C=C(\C=C)[S+](c1ccccc1)c1ccc(Sc2ccc(SC)cc2)cc1. The van der Waals surface area contributed by atoms with E-state index in [4.69, 9.17) is 0 Å². The zero-order valence-electron chi connectivity index (χ0n) is 15.9. The molecule has 3 rings (SSSR count). The molecule has 1 unspecified atom stereocenters. The zero-order chi connectivity index (χ0) is 19.8. The minimum absolute atomic E-state index is 0.188. The van der Waals surface area contributed by atoms with Gasteiger partial charge in [0.2, 0.25) is 0 Å². The molecule has 0 aromatic heterocycles. The molecule has 28 heavy (non-hydrogen) atoms. The van der Waals surface area contributed by atoms with Gasteiger partial charge in [-0.2, -0.15) is 0 Å². The maximum absolute atomic E-state index is 4.02. The molecule has 140 valence electrons. The lowest BCUT2D eigenvalue weighted by molar-refractivity contribution is 1.30. The van der Waals surface area contributed by atoms with Gasteiger partial charge in [0.05, 0.1) is 10.9 Å². The van der Waals surface area contributed by atoms with Crippen molar-refractivity contribution >= 4 is 34.4 Å². The van der Waals surface area contributed by atoms with E-state index >= 15 is 0 Å². The fraction of sp³-hybridized carbons (Fsp3) is 0.0400. The van der Waals surface area contributed by atoms with Crippen molar-refractivity contribution in [1.82, 2.24) is 0 Å². The highest BCUT2D eigenvalue weighted by molar-refractivity contribution is 8.01.